The van der Waals surface area contributed by atoms with Crippen LogP contribution < -0.4 is 10.5 Å². The van der Waals surface area contributed by atoms with Crippen molar-refractivity contribution in [3.63, 3.8) is 0 Å². The molecule has 2 N–H and O–H groups in total. The number of benzene rings is 1. The molecule has 0 radical (unpaired) electrons. The lowest BCUT2D eigenvalue weighted by molar-refractivity contribution is 0.187. The summed E-state index contributed by atoms with van der Waals surface area (Å²) in [5.74, 6) is 0.472. The van der Waals surface area contributed by atoms with Gasteiger partial charge in [0.25, 0.3) is 0 Å². The second-order valence-corrected chi connectivity index (χ2v) is 4.46. The smallest absolute Gasteiger partial charge is 0.123 e. The number of ether oxygens (including phenoxy) is 1. The minimum atomic E-state index is -0.240. The topological polar surface area (TPSA) is 35.2 Å². The van der Waals surface area contributed by atoms with Crippen molar-refractivity contribution in [1.82, 2.24) is 0 Å². The molecule has 0 amide bonds. The Labute approximate surface area is 103 Å². The highest BCUT2D eigenvalue weighted by Gasteiger charge is 2.23. The average molecular weight is 239 g/mol. The van der Waals surface area contributed by atoms with E-state index in [2.05, 4.69) is 13.8 Å². The zero-order valence-electron chi connectivity index (χ0n) is 10.7. The van der Waals surface area contributed by atoms with Crippen molar-refractivity contribution in [3.8, 4) is 5.75 Å². The second-order valence-electron chi connectivity index (χ2n) is 4.46. The van der Waals surface area contributed by atoms with Crippen LogP contribution in [0.3, 0.4) is 0 Å². The standard InChI is InChI=1S/C14H22FNO/c1-3-14(4-2,11-16)9-10-17-13-7-5-12(15)6-8-13/h5-8H,3-4,9-11,16H2,1-2H3. The molecule has 0 fully saturated rings. The van der Waals surface area contributed by atoms with Gasteiger partial charge in [-0.3, -0.25) is 0 Å². The third kappa shape index (κ3) is 4.00. The fourth-order valence-corrected chi connectivity index (χ4v) is 1.91. The van der Waals surface area contributed by atoms with Gasteiger partial charge in [0.2, 0.25) is 0 Å². The zero-order valence-corrected chi connectivity index (χ0v) is 10.7. The molecular formula is C14H22FNO. The molecule has 1 rings (SSSR count). The summed E-state index contributed by atoms with van der Waals surface area (Å²) in [6.45, 7) is 5.64. The normalized spacial score (nSPS) is 11.5. The number of halogens is 1. The van der Waals surface area contributed by atoms with Crippen LogP contribution in [0, 0.1) is 11.2 Å². The number of hydrogen-bond donors (Lipinski definition) is 1. The molecule has 0 unspecified atom stereocenters. The molecule has 1 aromatic rings. The van der Waals surface area contributed by atoms with E-state index in [1.165, 1.54) is 12.1 Å². The minimum absolute atomic E-state index is 0.181. The molecule has 0 aliphatic carbocycles. The van der Waals surface area contributed by atoms with Crippen LogP contribution >= 0.6 is 0 Å². The lowest BCUT2D eigenvalue weighted by Gasteiger charge is -2.29. The van der Waals surface area contributed by atoms with E-state index in [4.69, 9.17) is 10.5 Å². The van der Waals surface area contributed by atoms with E-state index in [0.717, 1.165) is 19.3 Å². The largest absolute Gasteiger partial charge is 0.494 e. The van der Waals surface area contributed by atoms with Crippen LogP contribution in [0.15, 0.2) is 24.3 Å². The van der Waals surface area contributed by atoms with Crippen molar-refractivity contribution < 1.29 is 9.13 Å². The van der Waals surface area contributed by atoms with E-state index >= 15 is 0 Å². The molecule has 0 saturated heterocycles. The maximum absolute atomic E-state index is 12.7. The molecule has 0 aliphatic heterocycles. The maximum atomic E-state index is 12.7. The van der Waals surface area contributed by atoms with Gasteiger partial charge in [-0.05, 0) is 55.5 Å². The van der Waals surface area contributed by atoms with Crippen molar-refractivity contribution >= 4 is 0 Å². The molecule has 0 heterocycles. The van der Waals surface area contributed by atoms with Crippen molar-refractivity contribution in [2.75, 3.05) is 13.2 Å². The van der Waals surface area contributed by atoms with Crippen LogP contribution in [0.4, 0.5) is 4.39 Å². The van der Waals surface area contributed by atoms with Crippen LogP contribution in [-0.2, 0) is 0 Å². The Morgan fingerprint density at radius 3 is 2.24 bits per heavy atom. The van der Waals surface area contributed by atoms with Crippen molar-refractivity contribution in [2.24, 2.45) is 11.1 Å². The molecule has 96 valence electrons. The van der Waals surface area contributed by atoms with Crippen LogP contribution in [0.25, 0.3) is 0 Å². The maximum Gasteiger partial charge on any atom is 0.123 e. The van der Waals surface area contributed by atoms with Crippen LogP contribution in [0.1, 0.15) is 33.1 Å². The van der Waals surface area contributed by atoms with Gasteiger partial charge in [0.1, 0.15) is 11.6 Å². The summed E-state index contributed by atoms with van der Waals surface area (Å²) in [4.78, 5) is 0. The monoisotopic (exact) mass is 239 g/mol. The number of hydrogen-bond acceptors (Lipinski definition) is 2. The summed E-state index contributed by atoms with van der Waals surface area (Å²) in [6, 6.07) is 6.12. The van der Waals surface area contributed by atoms with E-state index in [1.807, 2.05) is 0 Å². The highest BCUT2D eigenvalue weighted by atomic mass is 19.1. The Morgan fingerprint density at radius 1 is 1.18 bits per heavy atom. The van der Waals surface area contributed by atoms with Gasteiger partial charge in [-0.25, -0.2) is 4.39 Å². The summed E-state index contributed by atoms with van der Waals surface area (Å²) in [7, 11) is 0. The lowest BCUT2D eigenvalue weighted by Crippen LogP contribution is -2.31. The van der Waals surface area contributed by atoms with Gasteiger partial charge in [-0.15, -0.1) is 0 Å². The van der Waals surface area contributed by atoms with Gasteiger partial charge >= 0.3 is 0 Å². The Balaban J connectivity index is 2.43. The first-order valence-corrected chi connectivity index (χ1v) is 6.24. The van der Waals surface area contributed by atoms with Crippen molar-refractivity contribution in [1.29, 1.82) is 0 Å². The molecule has 0 bridgehead atoms. The Hall–Kier alpha value is -1.09. The first kappa shape index (κ1) is 14.0. The van der Waals surface area contributed by atoms with Gasteiger partial charge in [0.05, 0.1) is 6.61 Å². The summed E-state index contributed by atoms with van der Waals surface area (Å²) in [5, 5.41) is 0. The first-order valence-electron chi connectivity index (χ1n) is 6.24. The quantitative estimate of drug-likeness (QED) is 0.792. The molecule has 2 nitrogen and oxygen atoms in total. The number of rotatable bonds is 7. The molecule has 17 heavy (non-hydrogen) atoms. The van der Waals surface area contributed by atoms with Crippen molar-refractivity contribution in [3.05, 3.63) is 30.1 Å². The molecule has 0 aromatic heterocycles. The molecule has 0 saturated carbocycles. The summed E-state index contributed by atoms with van der Waals surface area (Å²) in [5.41, 5.74) is 6.00. The van der Waals surface area contributed by atoms with Gasteiger partial charge in [0.15, 0.2) is 0 Å². The molecular weight excluding hydrogens is 217 g/mol. The summed E-state index contributed by atoms with van der Waals surface area (Å²) in [6.07, 6.45) is 3.06. The predicted octanol–water partition coefficient (Wildman–Crippen LogP) is 3.36. The Kier molecular flexibility index (Phi) is 5.42. The third-order valence-corrected chi connectivity index (χ3v) is 3.65. The zero-order chi connectivity index (χ0) is 12.7. The van der Waals surface area contributed by atoms with Crippen LogP contribution in [-0.4, -0.2) is 13.2 Å². The second kappa shape index (κ2) is 6.60. The van der Waals surface area contributed by atoms with E-state index in [-0.39, 0.29) is 11.2 Å². The molecule has 0 spiro atoms. The summed E-state index contributed by atoms with van der Waals surface area (Å²) < 4.78 is 18.3. The Bertz CT molecular complexity index is 311. The molecule has 0 aliphatic rings. The minimum Gasteiger partial charge on any atom is -0.494 e. The number of nitrogens with two attached hydrogens (primary N) is 1. The van der Waals surface area contributed by atoms with Gasteiger partial charge < -0.3 is 10.5 Å². The van der Waals surface area contributed by atoms with Crippen molar-refractivity contribution in [2.45, 2.75) is 33.1 Å². The van der Waals surface area contributed by atoms with Crippen LogP contribution in [0.2, 0.25) is 0 Å². The van der Waals surface area contributed by atoms with E-state index < -0.39 is 0 Å². The molecule has 1 aromatic carbocycles. The molecule has 0 atom stereocenters. The van der Waals surface area contributed by atoms with Gasteiger partial charge in [-0.1, -0.05) is 13.8 Å². The highest BCUT2D eigenvalue weighted by molar-refractivity contribution is 5.21. The fraction of sp³-hybridized carbons (Fsp3) is 0.571. The van der Waals surface area contributed by atoms with E-state index in [9.17, 15) is 4.39 Å². The van der Waals surface area contributed by atoms with Crippen LogP contribution in [0.5, 0.6) is 5.75 Å². The van der Waals surface area contributed by atoms with E-state index in [0.29, 0.717) is 18.9 Å². The van der Waals surface area contributed by atoms with Gasteiger partial charge in [0, 0.05) is 0 Å². The van der Waals surface area contributed by atoms with Gasteiger partial charge in [-0.2, -0.15) is 0 Å². The first-order chi connectivity index (χ1) is 8.15. The SMILES string of the molecule is CCC(CC)(CN)CCOc1ccc(F)cc1. The predicted molar refractivity (Wildman–Crippen MR) is 68.6 cm³/mol. The average Bonchev–Trinajstić information content (AvgIpc) is 2.38. The van der Waals surface area contributed by atoms with E-state index in [1.54, 1.807) is 12.1 Å². The highest BCUT2D eigenvalue weighted by Crippen LogP contribution is 2.29. The molecule has 3 heteroatoms. The fourth-order valence-electron chi connectivity index (χ4n) is 1.91. The summed E-state index contributed by atoms with van der Waals surface area (Å²) >= 11 is 0. The lowest BCUT2D eigenvalue weighted by atomic mass is 9.80. The third-order valence-electron chi connectivity index (χ3n) is 3.65. The Morgan fingerprint density at radius 2 is 1.76 bits per heavy atom.